The standard InChI is InChI=1S/C9H10ClN5O2/c1-2-15-7(11-5-12-15)4-14-3-6(10)8(16)13-9(14)17/h3,5H,2,4H2,1H3,(H,13,16,17). The van der Waals surface area contributed by atoms with Gasteiger partial charge in [0.1, 0.15) is 17.2 Å². The van der Waals surface area contributed by atoms with Gasteiger partial charge < -0.3 is 0 Å². The first-order valence-electron chi connectivity index (χ1n) is 4.97. The van der Waals surface area contributed by atoms with Crippen LogP contribution in [0.15, 0.2) is 22.1 Å². The molecule has 0 bridgehead atoms. The van der Waals surface area contributed by atoms with Crippen molar-refractivity contribution in [2.45, 2.75) is 20.0 Å². The van der Waals surface area contributed by atoms with Crippen LogP contribution in [0.1, 0.15) is 12.7 Å². The minimum Gasteiger partial charge on any atom is -0.291 e. The van der Waals surface area contributed by atoms with Gasteiger partial charge in [0.15, 0.2) is 0 Å². The molecule has 1 N–H and O–H groups in total. The molecular formula is C9H10ClN5O2. The van der Waals surface area contributed by atoms with E-state index in [1.807, 2.05) is 6.92 Å². The maximum Gasteiger partial charge on any atom is 0.328 e. The predicted molar refractivity (Wildman–Crippen MR) is 61.1 cm³/mol. The smallest absolute Gasteiger partial charge is 0.291 e. The quantitative estimate of drug-likeness (QED) is 0.826. The zero-order valence-electron chi connectivity index (χ0n) is 9.05. The fraction of sp³-hybridized carbons (Fsp3) is 0.333. The molecule has 0 unspecified atom stereocenters. The number of halogens is 1. The molecular weight excluding hydrogens is 246 g/mol. The summed E-state index contributed by atoms with van der Waals surface area (Å²) in [5.74, 6) is 0.623. The van der Waals surface area contributed by atoms with Crippen molar-refractivity contribution >= 4 is 11.6 Å². The molecule has 0 aromatic carbocycles. The van der Waals surface area contributed by atoms with Crippen LogP contribution in [0.3, 0.4) is 0 Å². The first-order chi connectivity index (χ1) is 8.11. The van der Waals surface area contributed by atoms with Gasteiger partial charge in [-0.25, -0.2) is 14.5 Å². The summed E-state index contributed by atoms with van der Waals surface area (Å²) in [7, 11) is 0. The molecule has 7 nitrogen and oxygen atoms in total. The van der Waals surface area contributed by atoms with Crippen LogP contribution in [0.5, 0.6) is 0 Å². The molecule has 17 heavy (non-hydrogen) atoms. The van der Waals surface area contributed by atoms with Crippen LogP contribution in [0.25, 0.3) is 0 Å². The molecule has 0 saturated carbocycles. The fourth-order valence-electron chi connectivity index (χ4n) is 1.43. The predicted octanol–water partition coefficient (Wildman–Crippen LogP) is -0.150. The van der Waals surface area contributed by atoms with Crippen molar-refractivity contribution in [1.29, 1.82) is 0 Å². The second kappa shape index (κ2) is 4.54. The molecule has 2 aromatic heterocycles. The fourth-order valence-corrected chi connectivity index (χ4v) is 1.59. The lowest BCUT2D eigenvalue weighted by molar-refractivity contribution is 0.579. The minimum absolute atomic E-state index is 0.0350. The van der Waals surface area contributed by atoms with E-state index in [0.29, 0.717) is 12.4 Å². The highest BCUT2D eigenvalue weighted by Crippen LogP contribution is 2.00. The van der Waals surface area contributed by atoms with Crippen LogP contribution >= 0.6 is 11.6 Å². The Kier molecular flexibility index (Phi) is 3.10. The topological polar surface area (TPSA) is 85.6 Å². The molecule has 0 radical (unpaired) electrons. The van der Waals surface area contributed by atoms with Crippen LogP contribution in [0, 0.1) is 0 Å². The Balaban J connectivity index is 2.40. The van der Waals surface area contributed by atoms with Gasteiger partial charge >= 0.3 is 5.69 Å². The Hall–Kier alpha value is -1.89. The van der Waals surface area contributed by atoms with Crippen LogP contribution in [0.4, 0.5) is 0 Å². The van der Waals surface area contributed by atoms with Gasteiger partial charge in [-0.2, -0.15) is 5.10 Å². The summed E-state index contributed by atoms with van der Waals surface area (Å²) in [6, 6.07) is 0. The highest BCUT2D eigenvalue weighted by molar-refractivity contribution is 6.30. The van der Waals surface area contributed by atoms with Crippen molar-refractivity contribution in [3.05, 3.63) is 44.2 Å². The Morgan fingerprint density at radius 1 is 1.47 bits per heavy atom. The van der Waals surface area contributed by atoms with Gasteiger partial charge in [0.25, 0.3) is 5.56 Å². The molecule has 0 fully saturated rings. The third-order valence-corrected chi connectivity index (χ3v) is 2.54. The van der Waals surface area contributed by atoms with Crippen molar-refractivity contribution in [3.8, 4) is 0 Å². The molecule has 2 aromatic rings. The first-order valence-corrected chi connectivity index (χ1v) is 5.35. The normalized spacial score (nSPS) is 10.7. The average Bonchev–Trinajstić information content (AvgIpc) is 2.73. The zero-order valence-corrected chi connectivity index (χ0v) is 9.81. The van der Waals surface area contributed by atoms with Gasteiger partial charge in [-0.15, -0.1) is 0 Å². The number of hydrogen-bond acceptors (Lipinski definition) is 4. The number of nitrogens with zero attached hydrogens (tertiary/aromatic N) is 4. The lowest BCUT2D eigenvalue weighted by atomic mass is 10.5. The summed E-state index contributed by atoms with van der Waals surface area (Å²) >= 11 is 5.65. The van der Waals surface area contributed by atoms with Gasteiger partial charge in [0.05, 0.1) is 6.54 Å². The molecule has 0 atom stereocenters. The maximum atomic E-state index is 11.5. The molecule has 0 spiro atoms. The van der Waals surface area contributed by atoms with E-state index in [1.165, 1.54) is 17.1 Å². The van der Waals surface area contributed by atoms with E-state index in [0.717, 1.165) is 0 Å². The molecule has 0 aliphatic carbocycles. The number of hydrogen-bond donors (Lipinski definition) is 1. The largest absolute Gasteiger partial charge is 0.328 e. The summed E-state index contributed by atoms with van der Waals surface area (Å²) in [6.45, 7) is 2.78. The number of nitrogens with one attached hydrogen (secondary N) is 1. The summed E-state index contributed by atoms with van der Waals surface area (Å²) in [6.07, 6.45) is 2.70. The molecule has 0 saturated heterocycles. The van der Waals surface area contributed by atoms with Crippen LogP contribution in [-0.4, -0.2) is 24.3 Å². The van der Waals surface area contributed by atoms with Crippen LogP contribution in [-0.2, 0) is 13.1 Å². The van der Waals surface area contributed by atoms with Gasteiger partial charge in [-0.3, -0.25) is 14.3 Å². The molecule has 2 rings (SSSR count). The third kappa shape index (κ3) is 2.28. The lowest BCUT2D eigenvalue weighted by Gasteiger charge is -2.05. The second-order valence-electron chi connectivity index (χ2n) is 3.36. The Morgan fingerprint density at radius 2 is 2.24 bits per heavy atom. The van der Waals surface area contributed by atoms with E-state index in [1.54, 1.807) is 4.68 Å². The number of aromatic amines is 1. The van der Waals surface area contributed by atoms with Crippen molar-refractivity contribution in [2.24, 2.45) is 0 Å². The number of H-pyrrole nitrogens is 1. The van der Waals surface area contributed by atoms with E-state index in [4.69, 9.17) is 11.6 Å². The Labute approximate surface area is 101 Å². The average molecular weight is 256 g/mol. The molecule has 90 valence electrons. The van der Waals surface area contributed by atoms with Crippen LogP contribution in [0.2, 0.25) is 5.02 Å². The maximum absolute atomic E-state index is 11.5. The summed E-state index contributed by atoms with van der Waals surface area (Å²) in [5, 5.41) is 3.95. The summed E-state index contributed by atoms with van der Waals surface area (Å²) < 4.78 is 2.94. The van der Waals surface area contributed by atoms with Gasteiger partial charge in [0, 0.05) is 12.7 Å². The van der Waals surface area contributed by atoms with E-state index < -0.39 is 11.2 Å². The van der Waals surface area contributed by atoms with E-state index in [9.17, 15) is 9.59 Å². The number of aryl methyl sites for hydroxylation is 1. The van der Waals surface area contributed by atoms with Crippen molar-refractivity contribution in [3.63, 3.8) is 0 Å². The van der Waals surface area contributed by atoms with E-state index in [-0.39, 0.29) is 11.6 Å². The van der Waals surface area contributed by atoms with E-state index in [2.05, 4.69) is 15.1 Å². The Morgan fingerprint density at radius 3 is 2.94 bits per heavy atom. The summed E-state index contributed by atoms with van der Waals surface area (Å²) in [4.78, 5) is 28.7. The molecule has 0 amide bonds. The molecule has 2 heterocycles. The zero-order chi connectivity index (χ0) is 12.4. The molecule has 0 aliphatic rings. The Bertz CT molecular complexity index is 641. The lowest BCUT2D eigenvalue weighted by Crippen LogP contribution is -2.30. The monoisotopic (exact) mass is 255 g/mol. The first kappa shape index (κ1) is 11.6. The highest BCUT2D eigenvalue weighted by atomic mass is 35.5. The third-order valence-electron chi connectivity index (χ3n) is 2.27. The SMILES string of the molecule is CCn1ncnc1Cn1cc(Cl)c(=O)[nH]c1=O. The van der Waals surface area contributed by atoms with Crippen LogP contribution < -0.4 is 11.2 Å². The van der Waals surface area contributed by atoms with Gasteiger partial charge in [-0.05, 0) is 6.92 Å². The second-order valence-corrected chi connectivity index (χ2v) is 3.76. The molecule has 8 heteroatoms. The van der Waals surface area contributed by atoms with Crippen molar-refractivity contribution in [2.75, 3.05) is 0 Å². The summed E-state index contributed by atoms with van der Waals surface area (Å²) in [5.41, 5.74) is -1.12. The highest BCUT2D eigenvalue weighted by Gasteiger charge is 2.07. The molecule has 0 aliphatic heterocycles. The van der Waals surface area contributed by atoms with Gasteiger partial charge in [-0.1, -0.05) is 11.6 Å². The minimum atomic E-state index is -0.593. The van der Waals surface area contributed by atoms with Gasteiger partial charge in [0.2, 0.25) is 0 Å². The number of rotatable bonds is 3. The number of aromatic nitrogens is 5. The van der Waals surface area contributed by atoms with E-state index >= 15 is 0 Å². The van der Waals surface area contributed by atoms with Crippen molar-refractivity contribution < 1.29 is 0 Å². The van der Waals surface area contributed by atoms with Crippen molar-refractivity contribution in [1.82, 2.24) is 24.3 Å².